The van der Waals surface area contributed by atoms with Crippen molar-refractivity contribution in [2.45, 2.75) is 77.0 Å². The maximum atomic E-state index is 14.6. The van der Waals surface area contributed by atoms with Crippen LogP contribution in [0.1, 0.15) is 95.1 Å². The summed E-state index contributed by atoms with van der Waals surface area (Å²) in [7, 11) is 0. The predicted octanol–water partition coefficient (Wildman–Crippen LogP) is 4.05. The summed E-state index contributed by atoms with van der Waals surface area (Å²) in [4.78, 5) is 49.5. The predicted molar refractivity (Wildman–Crippen MR) is 192 cm³/mol. The van der Waals surface area contributed by atoms with Crippen molar-refractivity contribution in [3.8, 4) is 11.5 Å². The van der Waals surface area contributed by atoms with Gasteiger partial charge in [-0.3, -0.25) is 9.59 Å². The van der Waals surface area contributed by atoms with Crippen LogP contribution >= 0.6 is 0 Å². The molecule has 2 amide bonds. The third-order valence-electron chi connectivity index (χ3n) is 12.5. The number of amides is 2. The van der Waals surface area contributed by atoms with E-state index in [-0.39, 0.29) is 23.7 Å². The first-order valence-corrected chi connectivity index (χ1v) is 19.4. The van der Waals surface area contributed by atoms with Crippen LogP contribution < -0.4 is 24.8 Å². The number of hydrogen-bond acceptors (Lipinski definition) is 6. The number of hydroxylamine groups is 2. The highest BCUT2D eigenvalue weighted by molar-refractivity contribution is 6.02. The summed E-state index contributed by atoms with van der Waals surface area (Å²) in [5.41, 5.74) is 10.7. The third-order valence-corrected chi connectivity index (χ3v) is 12.5. The lowest BCUT2D eigenvalue weighted by atomic mass is 9.81. The van der Waals surface area contributed by atoms with Gasteiger partial charge in [-0.25, -0.2) is 9.37 Å². The van der Waals surface area contributed by atoms with Crippen LogP contribution in [0, 0.1) is 5.92 Å². The fraction of sp³-hybridized carbons (Fsp3) is 0.476. The fourth-order valence-corrected chi connectivity index (χ4v) is 10.1. The maximum Gasteiger partial charge on any atom is 0.335 e. The summed E-state index contributed by atoms with van der Waals surface area (Å²) in [5.74, 6) is 1.15. The summed E-state index contributed by atoms with van der Waals surface area (Å²) >= 11 is 0. The smallest absolute Gasteiger partial charge is 0.335 e. The average molecular weight is 686 g/mol. The Morgan fingerprint density at radius 2 is 1.51 bits per heavy atom. The number of carbonyl (C=O) groups excluding carboxylic acids is 3. The molecule has 2 fully saturated rings. The van der Waals surface area contributed by atoms with Gasteiger partial charge >= 0.3 is 5.97 Å². The molecule has 9 heteroatoms. The zero-order chi connectivity index (χ0) is 34.2. The second-order valence-electron chi connectivity index (χ2n) is 15.5. The van der Waals surface area contributed by atoms with Crippen LogP contribution in [0.2, 0.25) is 0 Å². The summed E-state index contributed by atoms with van der Waals surface area (Å²) in [6, 6.07) is 12.9. The highest BCUT2D eigenvalue weighted by atomic mass is 16.7. The van der Waals surface area contributed by atoms with E-state index in [1.54, 1.807) is 0 Å². The molecule has 7 aliphatic heterocycles. The minimum atomic E-state index is -0.361. The normalized spacial score (nSPS) is 20.7. The van der Waals surface area contributed by atoms with E-state index >= 15 is 0 Å². The Morgan fingerprint density at radius 3 is 2.33 bits per heavy atom. The number of hydrogen-bond donors (Lipinski definition) is 0. The Labute approximate surface area is 298 Å². The summed E-state index contributed by atoms with van der Waals surface area (Å²) < 4.78 is 9.82. The molecule has 0 N–H and O–H groups in total. The molecule has 0 bridgehead atoms. The van der Waals surface area contributed by atoms with Crippen LogP contribution in [0.15, 0.2) is 36.4 Å². The first-order valence-electron chi connectivity index (χ1n) is 19.4. The molecule has 0 saturated carbocycles. The van der Waals surface area contributed by atoms with Gasteiger partial charge in [0, 0.05) is 84.2 Å². The van der Waals surface area contributed by atoms with Crippen molar-refractivity contribution in [1.29, 1.82) is 0 Å². The first-order chi connectivity index (χ1) is 25.0. The molecule has 0 radical (unpaired) electrons. The van der Waals surface area contributed by atoms with Crippen LogP contribution in [0.3, 0.4) is 0 Å². The van der Waals surface area contributed by atoms with E-state index in [2.05, 4.69) is 33.7 Å². The molecule has 3 aromatic carbocycles. The van der Waals surface area contributed by atoms with Gasteiger partial charge in [-0.05, 0) is 87.1 Å². The molecule has 9 nitrogen and oxygen atoms in total. The lowest BCUT2D eigenvalue weighted by Crippen LogP contribution is -2.45. The SMILES string of the molecule is O=C(ON1CCCC1=O)C1CCN(C(=O)c2ccccc2C2=c3cc4c5c(c3Oc3c2cc2c6c3CCCN6CCC2)CCC[N+]=5CCC4)CC1. The van der Waals surface area contributed by atoms with E-state index in [4.69, 9.17) is 9.57 Å². The number of nitrogens with zero attached hydrogens (tertiary/aromatic N) is 4. The van der Waals surface area contributed by atoms with Gasteiger partial charge in [-0.2, -0.15) is 5.06 Å². The summed E-state index contributed by atoms with van der Waals surface area (Å²) in [6.07, 6.45) is 10.8. The van der Waals surface area contributed by atoms with Crippen molar-refractivity contribution in [1.82, 2.24) is 14.5 Å². The van der Waals surface area contributed by atoms with Crippen LogP contribution in [-0.4, -0.2) is 73.6 Å². The molecule has 0 atom stereocenters. The molecule has 0 spiro atoms. The molecule has 2 saturated heterocycles. The van der Waals surface area contributed by atoms with Gasteiger partial charge in [0.2, 0.25) is 5.36 Å². The lowest BCUT2D eigenvalue weighted by molar-refractivity contribution is -0.197. The van der Waals surface area contributed by atoms with E-state index in [0.29, 0.717) is 50.9 Å². The highest BCUT2D eigenvalue weighted by Crippen LogP contribution is 2.49. The molecule has 10 rings (SSSR count). The number of benzene rings is 3. The van der Waals surface area contributed by atoms with Gasteiger partial charge in [-0.15, -0.1) is 0 Å². The Bertz CT molecular complexity index is 2140. The lowest BCUT2D eigenvalue weighted by Gasteiger charge is -2.39. The van der Waals surface area contributed by atoms with Crippen molar-refractivity contribution < 1.29 is 24.0 Å². The van der Waals surface area contributed by atoms with E-state index in [1.807, 2.05) is 17.0 Å². The molecule has 0 unspecified atom stereocenters. The minimum Gasteiger partial charge on any atom is -0.455 e. The van der Waals surface area contributed by atoms with Crippen molar-refractivity contribution >= 4 is 29.0 Å². The van der Waals surface area contributed by atoms with Gasteiger partial charge in [-0.1, -0.05) is 18.2 Å². The number of ether oxygens (including phenoxy) is 1. The van der Waals surface area contributed by atoms with Gasteiger partial charge in [0.15, 0.2) is 0 Å². The van der Waals surface area contributed by atoms with Gasteiger partial charge in [0.05, 0.1) is 18.0 Å². The number of aryl methyl sites for hydroxylation is 2. The van der Waals surface area contributed by atoms with Crippen molar-refractivity contribution in [2.24, 2.45) is 5.92 Å². The van der Waals surface area contributed by atoms with E-state index in [0.717, 1.165) is 111 Å². The molecule has 51 heavy (non-hydrogen) atoms. The molecular formula is C42H45N4O5+. The highest BCUT2D eigenvalue weighted by Gasteiger charge is 2.38. The maximum absolute atomic E-state index is 14.6. The van der Waals surface area contributed by atoms with Crippen LogP contribution in [0.5, 0.6) is 11.5 Å². The number of anilines is 1. The number of rotatable bonds is 4. The zero-order valence-corrected chi connectivity index (χ0v) is 29.3. The fourth-order valence-electron chi connectivity index (χ4n) is 10.1. The Balaban J connectivity index is 1.09. The van der Waals surface area contributed by atoms with Crippen LogP contribution in [0.4, 0.5) is 5.69 Å². The van der Waals surface area contributed by atoms with Crippen LogP contribution in [-0.2, 0) is 40.1 Å². The van der Waals surface area contributed by atoms with Gasteiger partial charge < -0.3 is 19.4 Å². The summed E-state index contributed by atoms with van der Waals surface area (Å²) in [5, 5.41) is 3.72. The summed E-state index contributed by atoms with van der Waals surface area (Å²) in [6.45, 7) is 5.79. The second-order valence-corrected chi connectivity index (χ2v) is 15.5. The molecule has 0 aromatic heterocycles. The molecule has 7 heterocycles. The average Bonchev–Trinajstić information content (AvgIpc) is 3.58. The van der Waals surface area contributed by atoms with Crippen molar-refractivity contribution in [3.05, 3.63) is 85.9 Å². The van der Waals surface area contributed by atoms with Crippen molar-refractivity contribution in [2.75, 3.05) is 50.7 Å². The van der Waals surface area contributed by atoms with Crippen molar-refractivity contribution in [3.63, 3.8) is 0 Å². The Kier molecular flexibility index (Phi) is 7.47. The molecule has 7 aliphatic rings. The number of fused-ring (bicyclic) bond motifs is 4. The van der Waals surface area contributed by atoms with E-state index < -0.39 is 0 Å². The van der Waals surface area contributed by atoms with Gasteiger partial charge in [0.25, 0.3) is 11.8 Å². The zero-order valence-electron chi connectivity index (χ0n) is 29.3. The standard InChI is InChI=1S/C42H45N4O5/c47-35-14-7-21-46(35)51-42(49)26-15-22-45(23-16-26)41(48)30-11-2-1-10-29(30)36-33-24-27-8-3-17-43-19-5-12-31(37(27)43)39(33)50-40-32-13-6-20-44-18-4-9-28(38(32)44)25-34(36)40/h1-2,10-11,24-26H,3-9,12-23H2/q+1. The van der Waals surface area contributed by atoms with E-state index in [9.17, 15) is 14.4 Å². The Morgan fingerprint density at radius 1 is 0.765 bits per heavy atom. The minimum absolute atomic E-state index is 0.00909. The molecule has 262 valence electrons. The monoisotopic (exact) mass is 685 g/mol. The molecule has 3 aromatic rings. The van der Waals surface area contributed by atoms with Gasteiger partial charge in [0.1, 0.15) is 24.6 Å². The topological polar surface area (TPSA) is 82.4 Å². The van der Waals surface area contributed by atoms with E-state index in [1.165, 1.54) is 38.4 Å². The number of likely N-dealkylation sites (tertiary alicyclic amines) is 1. The largest absolute Gasteiger partial charge is 0.455 e. The third kappa shape index (κ3) is 5.01. The molecule has 0 aliphatic carbocycles. The quantitative estimate of drug-likeness (QED) is 0.302. The van der Waals surface area contributed by atoms with Crippen LogP contribution in [0.25, 0.3) is 5.57 Å². The molecular weight excluding hydrogens is 640 g/mol. The Hall–Kier alpha value is -4.66. The number of piperidine rings is 1. The first kappa shape index (κ1) is 31.1. The number of carbonyl (C=O) groups is 3. The second kappa shape index (κ2) is 12.2.